The number of hydrogen-bond donors (Lipinski definition) is 1. The van der Waals surface area contributed by atoms with Crippen LogP contribution in [0, 0.1) is 12.8 Å². The van der Waals surface area contributed by atoms with Crippen molar-refractivity contribution >= 4 is 11.6 Å². The summed E-state index contributed by atoms with van der Waals surface area (Å²) in [5.41, 5.74) is 1.85. The monoisotopic (exact) mass is 207 g/mol. The fourth-order valence-electron chi connectivity index (χ4n) is 1.22. The molecule has 1 rings (SSSR count). The van der Waals surface area contributed by atoms with Crippen molar-refractivity contribution < 1.29 is 9.53 Å². The topological polar surface area (TPSA) is 38.3 Å². The van der Waals surface area contributed by atoms with Gasteiger partial charge in [0, 0.05) is 17.7 Å². The molecule has 0 atom stereocenters. The van der Waals surface area contributed by atoms with Gasteiger partial charge in [0.15, 0.2) is 0 Å². The normalized spacial score (nSPS) is 10.2. The molecule has 1 amide bonds. The summed E-state index contributed by atoms with van der Waals surface area (Å²) in [6.07, 6.45) is 0. The van der Waals surface area contributed by atoms with E-state index in [1.165, 1.54) is 0 Å². The third kappa shape index (κ3) is 3.27. The first-order chi connectivity index (χ1) is 7.02. The van der Waals surface area contributed by atoms with Crippen molar-refractivity contribution in [2.45, 2.75) is 20.8 Å². The molecule has 1 aromatic carbocycles. The number of methoxy groups -OCH3 is 1. The summed E-state index contributed by atoms with van der Waals surface area (Å²) in [5, 5.41) is 2.84. The molecule has 3 nitrogen and oxygen atoms in total. The number of amides is 1. The van der Waals surface area contributed by atoms with E-state index in [-0.39, 0.29) is 11.8 Å². The molecule has 0 aliphatic heterocycles. The van der Waals surface area contributed by atoms with Gasteiger partial charge in [0.2, 0.25) is 5.91 Å². The smallest absolute Gasteiger partial charge is 0.226 e. The molecule has 82 valence electrons. The summed E-state index contributed by atoms with van der Waals surface area (Å²) in [6.45, 7) is 5.69. The number of nitrogens with one attached hydrogen (secondary N) is 1. The SMILES string of the molecule is COc1cc(C)cc(NC(=O)C(C)C)c1. The zero-order chi connectivity index (χ0) is 11.4. The van der Waals surface area contributed by atoms with E-state index in [4.69, 9.17) is 4.74 Å². The molecule has 3 heteroatoms. The fourth-order valence-corrected chi connectivity index (χ4v) is 1.22. The van der Waals surface area contributed by atoms with E-state index < -0.39 is 0 Å². The third-order valence-electron chi connectivity index (χ3n) is 2.08. The van der Waals surface area contributed by atoms with Crippen LogP contribution in [0.1, 0.15) is 19.4 Å². The summed E-state index contributed by atoms with van der Waals surface area (Å²) < 4.78 is 5.13. The number of carbonyl (C=O) groups excluding carboxylic acids is 1. The Balaban J connectivity index is 2.85. The van der Waals surface area contributed by atoms with E-state index in [2.05, 4.69) is 5.32 Å². The largest absolute Gasteiger partial charge is 0.497 e. The van der Waals surface area contributed by atoms with Gasteiger partial charge in [-0.25, -0.2) is 0 Å². The molecular formula is C12H17NO2. The number of carbonyl (C=O) groups is 1. The maximum absolute atomic E-state index is 11.5. The molecule has 1 N–H and O–H groups in total. The van der Waals surface area contributed by atoms with E-state index in [0.717, 1.165) is 17.0 Å². The molecular weight excluding hydrogens is 190 g/mol. The molecule has 0 spiro atoms. The number of ether oxygens (including phenoxy) is 1. The van der Waals surface area contributed by atoms with Crippen LogP contribution in [0.15, 0.2) is 18.2 Å². The Labute approximate surface area is 90.4 Å². The van der Waals surface area contributed by atoms with Gasteiger partial charge in [-0.1, -0.05) is 13.8 Å². The van der Waals surface area contributed by atoms with Gasteiger partial charge in [0.05, 0.1) is 7.11 Å². The van der Waals surface area contributed by atoms with Gasteiger partial charge in [-0.05, 0) is 24.6 Å². The summed E-state index contributed by atoms with van der Waals surface area (Å²) in [7, 11) is 1.61. The van der Waals surface area contributed by atoms with E-state index >= 15 is 0 Å². The van der Waals surface area contributed by atoms with Gasteiger partial charge >= 0.3 is 0 Å². The lowest BCUT2D eigenvalue weighted by atomic mass is 10.1. The van der Waals surface area contributed by atoms with Crippen LogP contribution < -0.4 is 10.1 Å². The lowest BCUT2D eigenvalue weighted by molar-refractivity contribution is -0.118. The molecule has 0 aliphatic carbocycles. The first kappa shape index (κ1) is 11.6. The van der Waals surface area contributed by atoms with Gasteiger partial charge in [0.1, 0.15) is 5.75 Å². The van der Waals surface area contributed by atoms with Gasteiger partial charge < -0.3 is 10.1 Å². The number of benzene rings is 1. The second kappa shape index (κ2) is 4.82. The Morgan fingerprint density at radius 2 is 2.00 bits per heavy atom. The summed E-state index contributed by atoms with van der Waals surface area (Å²) >= 11 is 0. The maximum atomic E-state index is 11.5. The van der Waals surface area contributed by atoms with E-state index in [1.807, 2.05) is 39.0 Å². The van der Waals surface area contributed by atoms with E-state index in [9.17, 15) is 4.79 Å². The molecule has 0 radical (unpaired) electrons. The number of anilines is 1. The quantitative estimate of drug-likeness (QED) is 0.827. The zero-order valence-electron chi connectivity index (χ0n) is 9.63. The highest BCUT2D eigenvalue weighted by Gasteiger charge is 2.07. The Bertz CT molecular complexity index is 359. The molecule has 0 aromatic heterocycles. The van der Waals surface area contributed by atoms with E-state index in [1.54, 1.807) is 7.11 Å². The minimum atomic E-state index is -0.0171. The second-order valence-electron chi connectivity index (χ2n) is 3.88. The van der Waals surface area contributed by atoms with Gasteiger partial charge in [-0.3, -0.25) is 4.79 Å². The standard InChI is InChI=1S/C12H17NO2/c1-8(2)12(14)13-10-5-9(3)6-11(7-10)15-4/h5-8H,1-4H3,(H,13,14). The highest BCUT2D eigenvalue weighted by atomic mass is 16.5. The summed E-state index contributed by atoms with van der Waals surface area (Å²) in [4.78, 5) is 11.5. The highest BCUT2D eigenvalue weighted by Crippen LogP contribution is 2.20. The highest BCUT2D eigenvalue weighted by molar-refractivity contribution is 5.92. The Morgan fingerprint density at radius 1 is 1.33 bits per heavy atom. The van der Waals surface area contributed by atoms with Crippen molar-refractivity contribution in [1.82, 2.24) is 0 Å². The Morgan fingerprint density at radius 3 is 2.53 bits per heavy atom. The average molecular weight is 207 g/mol. The molecule has 0 fully saturated rings. The molecule has 0 unspecified atom stereocenters. The predicted molar refractivity (Wildman–Crippen MR) is 61.2 cm³/mol. The van der Waals surface area contributed by atoms with Crippen LogP contribution in [0.5, 0.6) is 5.75 Å². The lowest BCUT2D eigenvalue weighted by Crippen LogP contribution is -2.17. The molecule has 0 bridgehead atoms. The molecule has 0 heterocycles. The van der Waals surface area contributed by atoms with Crippen LogP contribution in [-0.2, 0) is 4.79 Å². The van der Waals surface area contributed by atoms with Crippen molar-refractivity contribution in [3.8, 4) is 5.75 Å². The van der Waals surface area contributed by atoms with Crippen molar-refractivity contribution in [3.63, 3.8) is 0 Å². The number of hydrogen-bond acceptors (Lipinski definition) is 2. The first-order valence-corrected chi connectivity index (χ1v) is 4.99. The fraction of sp³-hybridized carbons (Fsp3) is 0.417. The lowest BCUT2D eigenvalue weighted by Gasteiger charge is -2.10. The molecule has 1 aromatic rings. The van der Waals surface area contributed by atoms with Crippen LogP contribution in [-0.4, -0.2) is 13.0 Å². The Hall–Kier alpha value is -1.51. The van der Waals surface area contributed by atoms with Crippen molar-refractivity contribution in [3.05, 3.63) is 23.8 Å². The molecule has 0 saturated carbocycles. The van der Waals surface area contributed by atoms with Gasteiger partial charge in [-0.15, -0.1) is 0 Å². The first-order valence-electron chi connectivity index (χ1n) is 4.99. The van der Waals surface area contributed by atoms with Crippen LogP contribution in [0.2, 0.25) is 0 Å². The third-order valence-corrected chi connectivity index (χ3v) is 2.08. The minimum absolute atomic E-state index is 0.0163. The van der Waals surface area contributed by atoms with Crippen molar-refractivity contribution in [2.75, 3.05) is 12.4 Å². The van der Waals surface area contributed by atoms with Crippen LogP contribution >= 0.6 is 0 Å². The average Bonchev–Trinajstić information content (AvgIpc) is 2.16. The van der Waals surface area contributed by atoms with Crippen LogP contribution in [0.25, 0.3) is 0 Å². The van der Waals surface area contributed by atoms with Crippen molar-refractivity contribution in [2.24, 2.45) is 5.92 Å². The maximum Gasteiger partial charge on any atom is 0.226 e. The van der Waals surface area contributed by atoms with Crippen molar-refractivity contribution in [1.29, 1.82) is 0 Å². The van der Waals surface area contributed by atoms with Gasteiger partial charge in [0.25, 0.3) is 0 Å². The number of aryl methyl sites for hydroxylation is 1. The van der Waals surface area contributed by atoms with Gasteiger partial charge in [-0.2, -0.15) is 0 Å². The number of rotatable bonds is 3. The second-order valence-corrected chi connectivity index (χ2v) is 3.88. The molecule has 0 aliphatic rings. The van der Waals surface area contributed by atoms with E-state index in [0.29, 0.717) is 0 Å². The molecule has 0 saturated heterocycles. The van der Waals surface area contributed by atoms with Crippen LogP contribution in [0.3, 0.4) is 0 Å². The zero-order valence-corrected chi connectivity index (χ0v) is 9.63. The predicted octanol–water partition coefficient (Wildman–Crippen LogP) is 2.60. The summed E-state index contributed by atoms with van der Waals surface area (Å²) in [6, 6.07) is 5.65. The Kier molecular flexibility index (Phi) is 3.72. The minimum Gasteiger partial charge on any atom is -0.497 e. The molecule has 15 heavy (non-hydrogen) atoms. The van der Waals surface area contributed by atoms with Crippen LogP contribution in [0.4, 0.5) is 5.69 Å². The summed E-state index contributed by atoms with van der Waals surface area (Å²) in [5.74, 6) is 0.758.